The minimum Gasteiger partial charge on any atom is -0.292 e. The van der Waals surface area contributed by atoms with E-state index < -0.39 is 0 Å². The normalized spacial score (nSPS) is 23.2. The predicted molar refractivity (Wildman–Crippen MR) is 55.4 cm³/mol. The van der Waals surface area contributed by atoms with Gasteiger partial charge in [0.2, 0.25) is 0 Å². The second-order valence-electron chi connectivity index (χ2n) is 4.91. The van der Waals surface area contributed by atoms with Gasteiger partial charge in [-0.05, 0) is 31.1 Å². The van der Waals surface area contributed by atoms with E-state index in [0.717, 1.165) is 12.8 Å². The highest BCUT2D eigenvalue weighted by Gasteiger charge is 2.50. The molecule has 0 N–H and O–H groups in total. The predicted octanol–water partition coefficient (Wildman–Crippen LogP) is 2.24. The van der Waals surface area contributed by atoms with Crippen LogP contribution in [-0.4, -0.2) is 15.8 Å². The van der Waals surface area contributed by atoms with Crippen molar-refractivity contribution in [3.05, 3.63) is 24.3 Å². The molecule has 0 atom stereocenters. The van der Waals surface area contributed by atoms with Crippen molar-refractivity contribution in [2.24, 2.45) is 11.3 Å². The molecule has 2 fully saturated rings. The summed E-state index contributed by atoms with van der Waals surface area (Å²) < 4.78 is 0. The fraction of sp³-hybridized carbons (Fsp3) is 0.583. The Bertz CT molecular complexity index is 376. The molecule has 78 valence electrons. The smallest absolute Gasteiger partial charge is 0.185 e. The van der Waals surface area contributed by atoms with Gasteiger partial charge in [0.1, 0.15) is 5.69 Å². The fourth-order valence-corrected chi connectivity index (χ4v) is 2.89. The molecule has 3 nitrogen and oxygen atoms in total. The lowest BCUT2D eigenvalue weighted by Crippen LogP contribution is -2.45. The van der Waals surface area contributed by atoms with E-state index in [9.17, 15) is 4.79 Å². The van der Waals surface area contributed by atoms with Gasteiger partial charge in [-0.2, -0.15) is 0 Å². The molecule has 0 bridgehead atoms. The Labute approximate surface area is 88.9 Å². The summed E-state index contributed by atoms with van der Waals surface area (Å²) in [6, 6.07) is 0. The van der Waals surface area contributed by atoms with Gasteiger partial charge in [-0.3, -0.25) is 9.78 Å². The second-order valence-corrected chi connectivity index (χ2v) is 4.91. The molecule has 0 unspecified atom stereocenters. The van der Waals surface area contributed by atoms with E-state index in [1.165, 1.54) is 19.3 Å². The van der Waals surface area contributed by atoms with Gasteiger partial charge >= 0.3 is 0 Å². The number of hydrogen-bond acceptors (Lipinski definition) is 3. The van der Waals surface area contributed by atoms with Gasteiger partial charge in [0.25, 0.3) is 0 Å². The van der Waals surface area contributed by atoms with Crippen molar-refractivity contribution in [2.45, 2.75) is 32.1 Å². The van der Waals surface area contributed by atoms with E-state index in [4.69, 9.17) is 0 Å². The summed E-state index contributed by atoms with van der Waals surface area (Å²) in [5.41, 5.74) is 1.10. The van der Waals surface area contributed by atoms with Crippen molar-refractivity contribution in [3.8, 4) is 0 Å². The maximum absolute atomic E-state index is 12.0. The van der Waals surface area contributed by atoms with Gasteiger partial charge in [0.05, 0.1) is 6.20 Å². The Morgan fingerprint density at radius 1 is 1.33 bits per heavy atom. The first-order valence-corrected chi connectivity index (χ1v) is 5.59. The van der Waals surface area contributed by atoms with Crippen LogP contribution in [-0.2, 0) is 0 Å². The van der Waals surface area contributed by atoms with Crippen molar-refractivity contribution in [1.82, 2.24) is 9.97 Å². The lowest BCUT2D eigenvalue weighted by molar-refractivity contribution is -0.0152. The minimum absolute atomic E-state index is 0.195. The lowest BCUT2D eigenvalue weighted by Gasteiger charge is -2.53. The third kappa shape index (κ3) is 1.37. The van der Waals surface area contributed by atoms with Crippen molar-refractivity contribution >= 4 is 5.78 Å². The number of ketones is 1. The van der Waals surface area contributed by atoms with Crippen LogP contribution in [0.2, 0.25) is 0 Å². The minimum atomic E-state index is 0.195. The summed E-state index contributed by atoms with van der Waals surface area (Å²) >= 11 is 0. The summed E-state index contributed by atoms with van der Waals surface area (Å²) in [4.78, 5) is 19.9. The third-order valence-corrected chi connectivity index (χ3v) is 3.96. The summed E-state index contributed by atoms with van der Waals surface area (Å²) in [6.07, 6.45) is 11.0. The van der Waals surface area contributed by atoms with Gasteiger partial charge in [0, 0.05) is 18.3 Å². The summed E-state index contributed by atoms with van der Waals surface area (Å²) in [7, 11) is 0. The topological polar surface area (TPSA) is 42.9 Å². The standard InChI is InChI=1S/C12H14N2O/c15-11(10-8-13-4-5-14-10)9-6-12(7-9)2-1-3-12/h4-5,8-9H,1-3,6-7H2. The molecular formula is C12H14N2O. The van der Waals surface area contributed by atoms with E-state index >= 15 is 0 Å². The van der Waals surface area contributed by atoms with Crippen LogP contribution in [0.3, 0.4) is 0 Å². The molecular weight excluding hydrogens is 188 g/mol. The van der Waals surface area contributed by atoms with Crippen molar-refractivity contribution in [1.29, 1.82) is 0 Å². The molecule has 0 aliphatic heterocycles. The number of carbonyl (C=O) groups is 1. The van der Waals surface area contributed by atoms with E-state index in [-0.39, 0.29) is 11.7 Å². The molecule has 1 aromatic heterocycles. The first kappa shape index (κ1) is 9.01. The highest BCUT2D eigenvalue weighted by molar-refractivity contribution is 5.96. The van der Waals surface area contributed by atoms with Crippen molar-refractivity contribution in [2.75, 3.05) is 0 Å². The molecule has 0 radical (unpaired) electrons. The molecule has 3 rings (SSSR count). The Kier molecular flexibility index (Phi) is 1.87. The lowest BCUT2D eigenvalue weighted by atomic mass is 9.51. The average Bonchev–Trinajstić information content (AvgIpc) is 2.14. The SMILES string of the molecule is O=C(c1cnccn1)C1CC2(CCC2)C1. The molecule has 1 spiro atoms. The Balaban J connectivity index is 1.67. The molecule has 0 amide bonds. The maximum atomic E-state index is 12.0. The third-order valence-electron chi connectivity index (χ3n) is 3.96. The van der Waals surface area contributed by atoms with Gasteiger partial charge in [-0.1, -0.05) is 6.42 Å². The second kappa shape index (κ2) is 3.12. The van der Waals surface area contributed by atoms with Crippen LogP contribution < -0.4 is 0 Å². The largest absolute Gasteiger partial charge is 0.292 e. The Hall–Kier alpha value is -1.25. The molecule has 1 heterocycles. The van der Waals surface area contributed by atoms with Crippen LogP contribution in [0.4, 0.5) is 0 Å². The van der Waals surface area contributed by atoms with Crippen molar-refractivity contribution in [3.63, 3.8) is 0 Å². The van der Waals surface area contributed by atoms with Crippen LogP contribution in [0.25, 0.3) is 0 Å². The van der Waals surface area contributed by atoms with Crippen LogP contribution >= 0.6 is 0 Å². The molecule has 0 saturated heterocycles. The number of aromatic nitrogens is 2. The van der Waals surface area contributed by atoms with Crippen LogP contribution in [0.1, 0.15) is 42.6 Å². The maximum Gasteiger partial charge on any atom is 0.185 e. The molecule has 1 aromatic rings. The number of carbonyl (C=O) groups excluding carboxylic acids is 1. The zero-order valence-corrected chi connectivity index (χ0v) is 8.65. The summed E-state index contributed by atoms with van der Waals surface area (Å²) in [6.45, 7) is 0. The van der Waals surface area contributed by atoms with Gasteiger partial charge in [-0.15, -0.1) is 0 Å². The first-order chi connectivity index (χ1) is 7.29. The summed E-state index contributed by atoms with van der Waals surface area (Å²) in [5, 5.41) is 0. The van der Waals surface area contributed by atoms with Crippen molar-refractivity contribution < 1.29 is 4.79 Å². The Morgan fingerprint density at radius 3 is 2.67 bits per heavy atom. The fourth-order valence-electron chi connectivity index (χ4n) is 2.89. The average molecular weight is 202 g/mol. The van der Waals surface area contributed by atoms with E-state index in [2.05, 4.69) is 9.97 Å². The van der Waals surface area contributed by atoms with E-state index in [1.807, 2.05) is 0 Å². The number of rotatable bonds is 2. The zero-order chi connectivity index (χ0) is 10.3. The Morgan fingerprint density at radius 2 is 2.13 bits per heavy atom. The number of hydrogen-bond donors (Lipinski definition) is 0. The van der Waals surface area contributed by atoms with Gasteiger partial charge in [-0.25, -0.2) is 4.98 Å². The van der Waals surface area contributed by atoms with E-state index in [1.54, 1.807) is 18.6 Å². The monoisotopic (exact) mass is 202 g/mol. The zero-order valence-electron chi connectivity index (χ0n) is 8.65. The summed E-state index contributed by atoms with van der Waals surface area (Å²) in [5.74, 6) is 0.419. The first-order valence-electron chi connectivity index (χ1n) is 5.59. The van der Waals surface area contributed by atoms with Gasteiger partial charge < -0.3 is 0 Å². The van der Waals surface area contributed by atoms with Crippen LogP contribution in [0.15, 0.2) is 18.6 Å². The van der Waals surface area contributed by atoms with Crippen LogP contribution in [0, 0.1) is 11.3 Å². The molecule has 15 heavy (non-hydrogen) atoms. The van der Waals surface area contributed by atoms with Gasteiger partial charge in [0.15, 0.2) is 5.78 Å². The highest BCUT2D eigenvalue weighted by atomic mass is 16.1. The molecule has 2 saturated carbocycles. The molecule has 3 heteroatoms. The van der Waals surface area contributed by atoms with E-state index in [0.29, 0.717) is 11.1 Å². The number of nitrogens with zero attached hydrogens (tertiary/aromatic N) is 2. The highest BCUT2D eigenvalue weighted by Crippen LogP contribution is 2.59. The van der Waals surface area contributed by atoms with Crippen LogP contribution in [0.5, 0.6) is 0 Å². The molecule has 2 aliphatic rings. The number of Topliss-reactive ketones (excluding diaryl/α,β-unsaturated/α-hetero) is 1. The quantitative estimate of drug-likeness (QED) is 0.691. The molecule has 2 aliphatic carbocycles. The molecule has 0 aromatic carbocycles.